The van der Waals surface area contributed by atoms with Gasteiger partial charge >= 0.3 is 0 Å². The van der Waals surface area contributed by atoms with E-state index in [0.29, 0.717) is 13.2 Å². The summed E-state index contributed by atoms with van der Waals surface area (Å²) in [6.45, 7) is 3.04. The fourth-order valence-electron chi connectivity index (χ4n) is 2.04. The van der Waals surface area contributed by atoms with Gasteiger partial charge in [0.1, 0.15) is 0 Å². The molecule has 0 saturated heterocycles. The molecule has 0 fully saturated rings. The smallest absolute Gasteiger partial charge is 0.0717 e. The predicted molar refractivity (Wildman–Crippen MR) is 123 cm³/mol. The third kappa shape index (κ3) is 5.05. The fraction of sp³-hybridized carbons (Fsp3) is 0.571. The van der Waals surface area contributed by atoms with Crippen LogP contribution in [0.5, 0.6) is 0 Å². The van der Waals surface area contributed by atoms with Gasteiger partial charge in [0, 0.05) is 23.0 Å². The van der Waals surface area contributed by atoms with Crippen LogP contribution in [-0.2, 0) is 9.47 Å². The van der Waals surface area contributed by atoms with Crippen LogP contribution in [0.25, 0.3) is 0 Å². The second-order valence-corrected chi connectivity index (χ2v) is 14.8. The van der Waals surface area contributed by atoms with Crippen molar-refractivity contribution >= 4 is 94.1 Å². The van der Waals surface area contributed by atoms with E-state index in [9.17, 15) is 0 Å². The van der Waals surface area contributed by atoms with Gasteiger partial charge in [0.15, 0.2) is 0 Å². The molecule has 0 atom stereocenters. The molecule has 24 heavy (non-hydrogen) atoms. The van der Waals surface area contributed by atoms with E-state index in [1.54, 1.807) is 0 Å². The molecular formula is C14H16O2S8. The molecule has 0 aromatic carbocycles. The van der Waals surface area contributed by atoms with Crippen LogP contribution in [-0.4, -0.2) is 49.4 Å². The number of thioether (sulfide) groups is 8. The molecule has 0 unspecified atom stereocenters. The molecule has 0 spiro atoms. The third-order valence-electron chi connectivity index (χ3n) is 3.08. The molecule has 0 aliphatic carbocycles. The minimum absolute atomic E-state index is 0.716. The van der Waals surface area contributed by atoms with Gasteiger partial charge in [-0.1, -0.05) is 47.0 Å². The van der Waals surface area contributed by atoms with Crippen molar-refractivity contribution in [2.24, 2.45) is 0 Å². The quantitative estimate of drug-likeness (QED) is 0.397. The summed E-state index contributed by atoms with van der Waals surface area (Å²) in [5, 5.41) is 0. The molecule has 0 aromatic heterocycles. The van der Waals surface area contributed by atoms with Crippen molar-refractivity contribution in [2.45, 2.75) is 0 Å². The van der Waals surface area contributed by atoms with Crippen LogP contribution >= 0.6 is 94.1 Å². The average molecular weight is 473 g/mol. The maximum atomic E-state index is 5.62. The zero-order valence-electron chi connectivity index (χ0n) is 12.7. The van der Waals surface area contributed by atoms with Crippen LogP contribution in [0.15, 0.2) is 25.4 Å². The molecule has 0 radical (unpaired) electrons. The van der Waals surface area contributed by atoms with E-state index in [0.717, 1.165) is 24.7 Å². The lowest BCUT2D eigenvalue weighted by Gasteiger charge is -2.09. The van der Waals surface area contributed by atoms with Crippen molar-refractivity contribution in [3.05, 3.63) is 25.4 Å². The minimum Gasteiger partial charge on any atom is -0.378 e. The zero-order chi connectivity index (χ0) is 16.2. The van der Waals surface area contributed by atoms with E-state index < -0.39 is 0 Å². The SMILES string of the molecule is C1COCCSC2=C(SCCO1)SC(=C1SC3=C(SCCS3)S1)S2. The lowest BCUT2D eigenvalue weighted by Crippen LogP contribution is -2.08. The molecule has 4 aliphatic heterocycles. The van der Waals surface area contributed by atoms with E-state index >= 15 is 0 Å². The number of hydrogen-bond donors (Lipinski definition) is 0. The highest BCUT2D eigenvalue weighted by Gasteiger charge is 2.31. The second kappa shape index (κ2) is 9.93. The summed E-state index contributed by atoms with van der Waals surface area (Å²) in [7, 11) is 0. The van der Waals surface area contributed by atoms with Gasteiger partial charge < -0.3 is 9.47 Å². The summed E-state index contributed by atoms with van der Waals surface area (Å²) in [5.74, 6) is 4.55. The van der Waals surface area contributed by atoms with Gasteiger partial charge in [0.05, 0.1) is 51.9 Å². The topological polar surface area (TPSA) is 18.5 Å². The van der Waals surface area contributed by atoms with Gasteiger partial charge in [-0.15, -0.1) is 47.0 Å². The van der Waals surface area contributed by atoms with Crippen molar-refractivity contribution in [3.8, 4) is 0 Å². The van der Waals surface area contributed by atoms with E-state index in [2.05, 4.69) is 0 Å². The standard InChI is InChI=1S/C14H16O2S8/c1-2-16-4-6-18-10-9(17-5-3-15-1)21-13(22-10)14-23-11-12(24-14)20-8-7-19-11/h1-8H2. The second-order valence-electron chi connectivity index (χ2n) is 4.75. The van der Waals surface area contributed by atoms with Crippen LogP contribution < -0.4 is 0 Å². The Morgan fingerprint density at radius 1 is 0.417 bits per heavy atom. The first-order valence-corrected chi connectivity index (χ1v) is 14.7. The van der Waals surface area contributed by atoms with Crippen LogP contribution in [0.2, 0.25) is 0 Å². The van der Waals surface area contributed by atoms with Gasteiger partial charge in [-0.3, -0.25) is 0 Å². The maximum absolute atomic E-state index is 5.62. The molecule has 4 aliphatic rings. The fourth-order valence-corrected chi connectivity index (χ4v) is 14.0. The first-order valence-electron chi connectivity index (χ1n) is 7.51. The molecule has 0 amide bonds. The highest BCUT2D eigenvalue weighted by atomic mass is 32.3. The number of rotatable bonds is 0. The van der Waals surface area contributed by atoms with Gasteiger partial charge in [-0.2, -0.15) is 0 Å². The van der Waals surface area contributed by atoms with Crippen LogP contribution in [0.4, 0.5) is 0 Å². The molecule has 0 saturated carbocycles. The summed E-state index contributed by atoms with van der Waals surface area (Å²) < 4.78 is 20.2. The molecule has 0 aromatic rings. The summed E-state index contributed by atoms with van der Waals surface area (Å²) >= 11 is 15.9. The van der Waals surface area contributed by atoms with E-state index in [4.69, 9.17) is 9.47 Å². The monoisotopic (exact) mass is 472 g/mol. The largest absolute Gasteiger partial charge is 0.378 e. The molecular weight excluding hydrogens is 457 g/mol. The predicted octanol–water partition coefficient (Wildman–Crippen LogP) is 6.32. The van der Waals surface area contributed by atoms with Crippen molar-refractivity contribution in [1.29, 1.82) is 0 Å². The first-order chi connectivity index (χ1) is 11.9. The van der Waals surface area contributed by atoms with Crippen LogP contribution in [0.1, 0.15) is 0 Å². The Morgan fingerprint density at radius 2 is 0.792 bits per heavy atom. The highest BCUT2D eigenvalue weighted by Crippen LogP contribution is 2.66. The zero-order valence-corrected chi connectivity index (χ0v) is 19.3. The van der Waals surface area contributed by atoms with E-state index in [1.807, 2.05) is 94.1 Å². The maximum Gasteiger partial charge on any atom is 0.0717 e. The summed E-state index contributed by atoms with van der Waals surface area (Å²) in [5.41, 5.74) is 0. The Kier molecular flexibility index (Phi) is 7.97. The average Bonchev–Trinajstić information content (AvgIpc) is 3.18. The van der Waals surface area contributed by atoms with Crippen molar-refractivity contribution < 1.29 is 9.47 Å². The number of hydrogen-bond acceptors (Lipinski definition) is 10. The molecule has 132 valence electrons. The van der Waals surface area contributed by atoms with Crippen molar-refractivity contribution in [3.63, 3.8) is 0 Å². The normalized spacial score (nSPS) is 27.0. The summed E-state index contributed by atoms with van der Waals surface area (Å²) in [4.78, 5) is 0. The van der Waals surface area contributed by atoms with Crippen molar-refractivity contribution in [1.82, 2.24) is 0 Å². The van der Waals surface area contributed by atoms with Crippen LogP contribution in [0.3, 0.4) is 0 Å². The Hall–Kier alpha value is 1.94. The van der Waals surface area contributed by atoms with Gasteiger partial charge in [0.2, 0.25) is 0 Å². The van der Waals surface area contributed by atoms with E-state index in [-0.39, 0.29) is 0 Å². The van der Waals surface area contributed by atoms with Crippen LogP contribution in [0, 0.1) is 0 Å². The molecule has 4 heterocycles. The Bertz CT molecular complexity index is 539. The van der Waals surface area contributed by atoms with Gasteiger partial charge in [-0.25, -0.2) is 0 Å². The highest BCUT2D eigenvalue weighted by molar-refractivity contribution is 8.45. The lowest BCUT2D eigenvalue weighted by atomic mass is 10.7. The molecule has 4 rings (SSSR count). The van der Waals surface area contributed by atoms with E-state index in [1.165, 1.54) is 36.9 Å². The Morgan fingerprint density at radius 3 is 1.21 bits per heavy atom. The van der Waals surface area contributed by atoms with Crippen molar-refractivity contribution in [2.75, 3.05) is 49.4 Å². The Balaban J connectivity index is 1.43. The summed E-state index contributed by atoms with van der Waals surface area (Å²) in [6, 6.07) is 0. The van der Waals surface area contributed by atoms with Gasteiger partial charge in [0.25, 0.3) is 0 Å². The lowest BCUT2D eigenvalue weighted by molar-refractivity contribution is 0.0605. The molecule has 2 nitrogen and oxygen atoms in total. The van der Waals surface area contributed by atoms with Gasteiger partial charge in [-0.05, 0) is 0 Å². The Labute approximate surface area is 177 Å². The third-order valence-corrected chi connectivity index (χ3v) is 14.8. The molecule has 10 heteroatoms. The summed E-state index contributed by atoms with van der Waals surface area (Å²) in [6.07, 6.45) is 0. The molecule has 0 N–H and O–H groups in total. The number of ether oxygens (including phenoxy) is 2. The molecule has 0 bridgehead atoms. The minimum atomic E-state index is 0.716. The first kappa shape index (κ1) is 19.3.